The highest BCUT2D eigenvalue weighted by Gasteiger charge is 2.26. The summed E-state index contributed by atoms with van der Waals surface area (Å²) in [6, 6.07) is 5.50. The van der Waals surface area contributed by atoms with Crippen LogP contribution in [0.1, 0.15) is 0 Å². The molecule has 1 fully saturated rings. The van der Waals surface area contributed by atoms with E-state index in [2.05, 4.69) is 10.2 Å². The molecular weight excluding hydrogens is 312 g/mol. The van der Waals surface area contributed by atoms with Crippen molar-refractivity contribution in [3.8, 4) is 0 Å². The molecule has 3 N–H and O–H groups in total. The first-order chi connectivity index (χ1) is 9.94. The van der Waals surface area contributed by atoms with Crippen molar-refractivity contribution in [3.63, 3.8) is 0 Å². The van der Waals surface area contributed by atoms with Crippen LogP contribution in [0.4, 0.5) is 11.4 Å². The normalized spacial score (nSPS) is 17.1. The lowest BCUT2D eigenvalue weighted by atomic mass is 10.2. The van der Waals surface area contributed by atoms with Crippen molar-refractivity contribution in [2.75, 3.05) is 56.2 Å². The van der Waals surface area contributed by atoms with Gasteiger partial charge in [0.2, 0.25) is 10.0 Å². The number of rotatable bonds is 5. The van der Waals surface area contributed by atoms with E-state index >= 15 is 0 Å². The number of nitrogens with zero attached hydrogens (tertiary/aromatic N) is 2. The number of nitrogens with one attached hydrogen (secondary N) is 1. The smallest absolute Gasteiger partial charge is 0.215 e. The van der Waals surface area contributed by atoms with Gasteiger partial charge in [-0.05, 0) is 25.2 Å². The molecule has 8 heteroatoms. The topological polar surface area (TPSA) is 78.7 Å². The Labute approximate surface area is 130 Å². The van der Waals surface area contributed by atoms with Gasteiger partial charge in [0.15, 0.2) is 0 Å². The van der Waals surface area contributed by atoms with E-state index in [1.54, 1.807) is 17.4 Å². The summed E-state index contributed by atoms with van der Waals surface area (Å²) in [6.07, 6.45) is 0. The lowest BCUT2D eigenvalue weighted by molar-refractivity contribution is 0.384. The third-order valence-corrected chi connectivity index (χ3v) is 5.80. The minimum absolute atomic E-state index is 0.136. The van der Waals surface area contributed by atoms with Crippen molar-refractivity contribution >= 4 is 33.0 Å². The summed E-state index contributed by atoms with van der Waals surface area (Å²) in [6.45, 7) is 2.76. The number of hydrogen-bond acceptors (Lipinski definition) is 5. The molecule has 0 aliphatic carbocycles. The number of hydrogen-bond donors (Lipinski definition) is 2. The Kier molecular flexibility index (Phi) is 5.32. The largest absolute Gasteiger partial charge is 0.397 e. The Morgan fingerprint density at radius 2 is 1.95 bits per heavy atom. The Morgan fingerprint density at radius 3 is 2.52 bits per heavy atom. The van der Waals surface area contributed by atoms with Crippen LogP contribution < -0.4 is 16.0 Å². The van der Waals surface area contributed by atoms with Gasteiger partial charge in [-0.2, -0.15) is 4.31 Å². The van der Waals surface area contributed by atoms with E-state index in [-0.39, 0.29) is 5.75 Å². The van der Waals surface area contributed by atoms with Gasteiger partial charge in [-0.15, -0.1) is 0 Å². The van der Waals surface area contributed by atoms with E-state index in [0.29, 0.717) is 43.4 Å². The molecule has 6 nitrogen and oxygen atoms in total. The zero-order valence-corrected chi connectivity index (χ0v) is 13.6. The molecule has 1 aliphatic heterocycles. The Balaban J connectivity index is 1.98. The maximum absolute atomic E-state index is 12.1. The number of anilines is 2. The Bertz CT molecular complexity index is 586. The maximum Gasteiger partial charge on any atom is 0.215 e. The number of piperazine rings is 1. The summed E-state index contributed by atoms with van der Waals surface area (Å²) in [5.41, 5.74) is 7.32. The summed E-state index contributed by atoms with van der Waals surface area (Å²) < 4.78 is 25.8. The summed E-state index contributed by atoms with van der Waals surface area (Å²) in [5.74, 6) is 0.136. The SMILES string of the molecule is CNCCS(=O)(=O)N1CCN(c2ccc(Cl)c(N)c2)CC1. The summed E-state index contributed by atoms with van der Waals surface area (Å²) in [4.78, 5) is 2.12. The third-order valence-electron chi connectivity index (χ3n) is 3.59. The second-order valence-corrected chi connectivity index (χ2v) is 7.51. The number of benzene rings is 1. The highest BCUT2D eigenvalue weighted by molar-refractivity contribution is 7.89. The first-order valence-corrected chi connectivity index (χ1v) is 8.85. The Morgan fingerprint density at radius 1 is 1.29 bits per heavy atom. The van der Waals surface area contributed by atoms with Crippen LogP contribution in [-0.2, 0) is 10.0 Å². The molecule has 1 aromatic rings. The van der Waals surface area contributed by atoms with E-state index in [9.17, 15) is 8.42 Å². The van der Waals surface area contributed by atoms with Gasteiger partial charge >= 0.3 is 0 Å². The van der Waals surface area contributed by atoms with Crippen LogP contribution in [0.5, 0.6) is 0 Å². The first kappa shape index (κ1) is 16.4. The molecule has 1 aromatic carbocycles. The second kappa shape index (κ2) is 6.83. The lowest BCUT2D eigenvalue weighted by Gasteiger charge is -2.35. The highest BCUT2D eigenvalue weighted by Crippen LogP contribution is 2.26. The Hall–Kier alpha value is -1.02. The number of nitrogens with two attached hydrogens (primary N) is 1. The number of halogens is 1. The van der Waals surface area contributed by atoms with Crippen LogP contribution >= 0.6 is 11.6 Å². The fourth-order valence-corrected chi connectivity index (χ4v) is 3.87. The van der Waals surface area contributed by atoms with Crippen LogP contribution in [-0.4, -0.2) is 58.2 Å². The van der Waals surface area contributed by atoms with E-state index in [1.165, 1.54) is 0 Å². The van der Waals surface area contributed by atoms with E-state index in [1.807, 2.05) is 12.1 Å². The van der Waals surface area contributed by atoms with Gasteiger partial charge < -0.3 is 16.0 Å². The molecule has 0 amide bonds. The van der Waals surface area contributed by atoms with E-state index < -0.39 is 10.0 Å². The van der Waals surface area contributed by atoms with Gasteiger partial charge in [-0.25, -0.2) is 8.42 Å². The van der Waals surface area contributed by atoms with Crippen LogP contribution in [0, 0.1) is 0 Å². The first-order valence-electron chi connectivity index (χ1n) is 6.86. The number of sulfonamides is 1. The fraction of sp³-hybridized carbons (Fsp3) is 0.538. The molecule has 2 rings (SSSR count). The van der Waals surface area contributed by atoms with Crippen LogP contribution in [0.3, 0.4) is 0 Å². The highest BCUT2D eigenvalue weighted by atomic mass is 35.5. The van der Waals surface area contributed by atoms with Crippen LogP contribution in [0.15, 0.2) is 18.2 Å². The molecule has 0 atom stereocenters. The molecule has 0 spiro atoms. The summed E-state index contributed by atoms with van der Waals surface area (Å²) in [7, 11) is -1.42. The molecule has 1 heterocycles. The molecule has 1 saturated heterocycles. The molecule has 118 valence electrons. The van der Waals surface area contributed by atoms with Gasteiger partial charge in [0.25, 0.3) is 0 Å². The predicted molar refractivity (Wildman–Crippen MR) is 87.4 cm³/mol. The zero-order valence-electron chi connectivity index (χ0n) is 12.0. The standard InChI is InChI=1S/C13H21ClN4O2S/c1-16-4-9-21(19,20)18-7-5-17(6-8-18)11-2-3-12(14)13(15)10-11/h2-3,10,16H,4-9,15H2,1H3. The quantitative estimate of drug-likeness (QED) is 0.772. The second-order valence-electron chi connectivity index (χ2n) is 5.01. The van der Waals surface area contributed by atoms with E-state index in [4.69, 9.17) is 17.3 Å². The minimum Gasteiger partial charge on any atom is -0.397 e. The van der Waals surface area contributed by atoms with Gasteiger partial charge in [-0.3, -0.25) is 0 Å². The van der Waals surface area contributed by atoms with Gasteiger partial charge in [0.05, 0.1) is 16.5 Å². The van der Waals surface area contributed by atoms with Gasteiger partial charge in [0.1, 0.15) is 0 Å². The molecule has 0 saturated carbocycles. The molecule has 0 unspecified atom stereocenters. The average Bonchev–Trinajstić information content (AvgIpc) is 2.48. The predicted octanol–water partition coefficient (Wildman–Crippen LogP) is 0.593. The molecular formula is C13H21ClN4O2S. The minimum atomic E-state index is -3.17. The van der Waals surface area contributed by atoms with Crippen molar-refractivity contribution in [2.45, 2.75) is 0 Å². The molecule has 0 radical (unpaired) electrons. The van der Waals surface area contributed by atoms with Crippen molar-refractivity contribution < 1.29 is 8.42 Å². The average molecular weight is 333 g/mol. The maximum atomic E-state index is 12.1. The van der Waals surface area contributed by atoms with Gasteiger partial charge in [-0.1, -0.05) is 11.6 Å². The van der Waals surface area contributed by atoms with Crippen molar-refractivity contribution in [2.24, 2.45) is 0 Å². The molecule has 21 heavy (non-hydrogen) atoms. The molecule has 0 bridgehead atoms. The van der Waals surface area contributed by atoms with Crippen molar-refractivity contribution in [3.05, 3.63) is 23.2 Å². The van der Waals surface area contributed by atoms with Crippen LogP contribution in [0.2, 0.25) is 5.02 Å². The third kappa shape index (κ3) is 4.00. The van der Waals surface area contributed by atoms with Crippen molar-refractivity contribution in [1.29, 1.82) is 0 Å². The number of nitrogen functional groups attached to an aromatic ring is 1. The zero-order chi connectivity index (χ0) is 15.5. The lowest BCUT2D eigenvalue weighted by Crippen LogP contribution is -2.50. The molecule has 0 aromatic heterocycles. The van der Waals surface area contributed by atoms with Gasteiger partial charge in [0, 0.05) is 38.4 Å². The van der Waals surface area contributed by atoms with Crippen LogP contribution in [0.25, 0.3) is 0 Å². The summed E-state index contributed by atoms with van der Waals surface area (Å²) >= 11 is 5.91. The summed E-state index contributed by atoms with van der Waals surface area (Å²) in [5, 5.41) is 3.40. The van der Waals surface area contributed by atoms with Crippen molar-refractivity contribution in [1.82, 2.24) is 9.62 Å². The fourth-order valence-electron chi connectivity index (χ4n) is 2.31. The monoisotopic (exact) mass is 332 g/mol. The van der Waals surface area contributed by atoms with E-state index in [0.717, 1.165) is 5.69 Å². The molecule has 1 aliphatic rings.